The molecule has 1 amide bonds. The van der Waals surface area contributed by atoms with E-state index in [0.29, 0.717) is 6.10 Å². The minimum atomic E-state index is -0.412. The Balaban J connectivity index is 1.48. The fraction of sp³-hybridized carbons (Fsp3) is 0.480. The largest absolute Gasteiger partial charge is 0.490 e. The number of hydrogen-bond acceptors (Lipinski definition) is 2. The first-order valence-electron chi connectivity index (χ1n) is 10.8. The molecule has 28 heavy (non-hydrogen) atoms. The number of nitrogens with one attached hydrogen (secondary N) is 1. The zero-order valence-electron chi connectivity index (χ0n) is 16.9. The average Bonchev–Trinajstić information content (AvgIpc) is 3.23. The first-order chi connectivity index (χ1) is 13.7. The van der Waals surface area contributed by atoms with Crippen LogP contribution in [0.4, 0.5) is 5.69 Å². The van der Waals surface area contributed by atoms with E-state index >= 15 is 0 Å². The number of amides is 1. The molecule has 2 aliphatic carbocycles. The van der Waals surface area contributed by atoms with E-state index in [1.807, 2.05) is 24.3 Å². The van der Waals surface area contributed by atoms with Gasteiger partial charge >= 0.3 is 0 Å². The lowest BCUT2D eigenvalue weighted by atomic mass is 9.68. The van der Waals surface area contributed by atoms with Gasteiger partial charge in [-0.1, -0.05) is 49.1 Å². The second-order valence-electron chi connectivity index (χ2n) is 8.51. The minimum absolute atomic E-state index is 0.125. The van der Waals surface area contributed by atoms with Crippen molar-refractivity contribution in [2.24, 2.45) is 0 Å². The maximum absolute atomic E-state index is 13.4. The van der Waals surface area contributed by atoms with Gasteiger partial charge in [-0.25, -0.2) is 0 Å². The molecule has 2 fully saturated rings. The Morgan fingerprint density at radius 2 is 1.54 bits per heavy atom. The van der Waals surface area contributed by atoms with Crippen LogP contribution >= 0.6 is 0 Å². The second-order valence-corrected chi connectivity index (χ2v) is 8.51. The summed E-state index contributed by atoms with van der Waals surface area (Å²) in [6.07, 6.45) is 10.5. The number of hydrogen-bond donors (Lipinski definition) is 1. The van der Waals surface area contributed by atoms with Gasteiger partial charge in [-0.05, 0) is 75.3 Å². The number of carbonyl (C=O) groups excluding carboxylic acids is 1. The van der Waals surface area contributed by atoms with Crippen LogP contribution in [0.2, 0.25) is 0 Å². The van der Waals surface area contributed by atoms with E-state index in [-0.39, 0.29) is 5.91 Å². The van der Waals surface area contributed by atoms with Gasteiger partial charge in [0.1, 0.15) is 5.75 Å². The lowest BCUT2D eigenvalue weighted by Gasteiger charge is -2.36. The Morgan fingerprint density at radius 3 is 2.18 bits per heavy atom. The van der Waals surface area contributed by atoms with Crippen molar-refractivity contribution in [1.29, 1.82) is 0 Å². The molecule has 2 aromatic carbocycles. The number of benzene rings is 2. The molecule has 0 aliphatic heterocycles. The van der Waals surface area contributed by atoms with Gasteiger partial charge in [0.05, 0.1) is 11.5 Å². The Hall–Kier alpha value is -2.29. The maximum Gasteiger partial charge on any atom is 0.235 e. The lowest BCUT2D eigenvalue weighted by molar-refractivity contribution is -0.122. The summed E-state index contributed by atoms with van der Waals surface area (Å²) >= 11 is 0. The number of anilines is 1. The van der Waals surface area contributed by atoms with Gasteiger partial charge in [-0.15, -0.1) is 0 Å². The Kier molecular flexibility index (Phi) is 5.70. The molecule has 2 saturated carbocycles. The summed E-state index contributed by atoms with van der Waals surface area (Å²) in [5.41, 5.74) is 2.82. The van der Waals surface area contributed by atoms with Crippen LogP contribution in [0.15, 0.2) is 48.5 Å². The van der Waals surface area contributed by atoms with Gasteiger partial charge in [0, 0.05) is 5.69 Å². The molecular weight excluding hydrogens is 346 g/mol. The quantitative estimate of drug-likeness (QED) is 0.678. The molecule has 0 atom stereocenters. The van der Waals surface area contributed by atoms with Gasteiger partial charge in [0.2, 0.25) is 5.91 Å². The fourth-order valence-corrected chi connectivity index (χ4v) is 4.74. The molecule has 0 radical (unpaired) electrons. The third-order valence-corrected chi connectivity index (χ3v) is 6.46. The molecule has 0 heterocycles. The number of rotatable bonds is 5. The predicted molar refractivity (Wildman–Crippen MR) is 114 cm³/mol. The van der Waals surface area contributed by atoms with Crippen LogP contribution in [-0.4, -0.2) is 12.0 Å². The highest BCUT2D eigenvalue weighted by Crippen LogP contribution is 2.40. The Morgan fingerprint density at radius 1 is 0.893 bits per heavy atom. The molecule has 0 unspecified atom stereocenters. The van der Waals surface area contributed by atoms with Crippen molar-refractivity contribution >= 4 is 11.6 Å². The predicted octanol–water partition coefficient (Wildman–Crippen LogP) is 6.16. The van der Waals surface area contributed by atoms with Crippen molar-refractivity contribution < 1.29 is 9.53 Å². The van der Waals surface area contributed by atoms with Crippen molar-refractivity contribution in [2.75, 3.05) is 5.32 Å². The first-order valence-corrected chi connectivity index (χ1v) is 10.8. The van der Waals surface area contributed by atoms with Crippen molar-refractivity contribution in [3.05, 3.63) is 59.7 Å². The Bertz CT molecular complexity index is 782. The monoisotopic (exact) mass is 377 g/mol. The average molecular weight is 378 g/mol. The van der Waals surface area contributed by atoms with Gasteiger partial charge in [-0.3, -0.25) is 4.79 Å². The van der Waals surface area contributed by atoms with Crippen molar-refractivity contribution in [1.82, 2.24) is 0 Å². The van der Waals surface area contributed by atoms with Gasteiger partial charge < -0.3 is 10.1 Å². The first kappa shape index (κ1) is 19.0. The van der Waals surface area contributed by atoms with Crippen molar-refractivity contribution in [2.45, 2.75) is 76.2 Å². The van der Waals surface area contributed by atoms with Crippen LogP contribution in [0.1, 0.15) is 68.9 Å². The normalized spacial score (nSPS) is 19.3. The summed E-state index contributed by atoms with van der Waals surface area (Å²) in [4.78, 5) is 13.4. The minimum Gasteiger partial charge on any atom is -0.490 e. The molecule has 0 saturated heterocycles. The van der Waals surface area contributed by atoms with Crippen LogP contribution in [0.25, 0.3) is 0 Å². The van der Waals surface area contributed by atoms with E-state index in [1.54, 1.807) is 0 Å². The lowest BCUT2D eigenvalue weighted by Crippen LogP contribution is -2.42. The molecule has 3 nitrogen and oxygen atoms in total. The molecule has 148 valence electrons. The van der Waals surface area contributed by atoms with E-state index < -0.39 is 5.41 Å². The number of carbonyl (C=O) groups is 1. The Labute approximate surface area is 168 Å². The SMILES string of the molecule is Cc1ccc(C2(C(=O)Nc3ccc(OC4CCCC4)cc3)CCCCC2)cc1. The molecule has 1 N–H and O–H groups in total. The van der Waals surface area contributed by atoms with Gasteiger partial charge in [0.15, 0.2) is 0 Å². The highest BCUT2D eigenvalue weighted by molar-refractivity contribution is 5.99. The van der Waals surface area contributed by atoms with Crippen LogP contribution in [0.3, 0.4) is 0 Å². The van der Waals surface area contributed by atoms with E-state index in [4.69, 9.17) is 4.74 Å². The zero-order valence-corrected chi connectivity index (χ0v) is 16.9. The van der Waals surface area contributed by atoms with E-state index in [2.05, 4.69) is 36.5 Å². The summed E-state index contributed by atoms with van der Waals surface area (Å²) < 4.78 is 6.04. The zero-order chi connectivity index (χ0) is 19.4. The topological polar surface area (TPSA) is 38.3 Å². The standard InChI is InChI=1S/C25H31NO2/c1-19-9-11-20(12-10-19)25(17-5-2-6-18-25)24(27)26-21-13-15-23(16-14-21)28-22-7-3-4-8-22/h9-16,22H,2-8,17-18H2,1H3,(H,26,27). The third-order valence-electron chi connectivity index (χ3n) is 6.46. The molecule has 2 aromatic rings. The summed E-state index contributed by atoms with van der Waals surface area (Å²) in [6, 6.07) is 16.4. The molecule has 3 heteroatoms. The molecule has 2 aliphatic rings. The maximum atomic E-state index is 13.4. The van der Waals surface area contributed by atoms with Crippen molar-refractivity contribution in [3.8, 4) is 5.75 Å². The van der Waals surface area contributed by atoms with Crippen LogP contribution < -0.4 is 10.1 Å². The number of aryl methyl sites for hydroxylation is 1. The van der Waals surface area contributed by atoms with E-state index in [1.165, 1.54) is 24.8 Å². The fourth-order valence-electron chi connectivity index (χ4n) is 4.74. The smallest absolute Gasteiger partial charge is 0.235 e. The van der Waals surface area contributed by atoms with Crippen LogP contribution in [0.5, 0.6) is 5.75 Å². The van der Waals surface area contributed by atoms with Gasteiger partial charge in [0.25, 0.3) is 0 Å². The summed E-state index contributed by atoms with van der Waals surface area (Å²) in [7, 11) is 0. The molecule has 0 aromatic heterocycles. The molecule has 0 spiro atoms. The highest BCUT2D eigenvalue weighted by Gasteiger charge is 2.41. The van der Waals surface area contributed by atoms with Crippen LogP contribution in [-0.2, 0) is 10.2 Å². The van der Waals surface area contributed by atoms with E-state index in [0.717, 1.165) is 55.5 Å². The highest BCUT2D eigenvalue weighted by atomic mass is 16.5. The summed E-state index contributed by atoms with van der Waals surface area (Å²) in [6.45, 7) is 2.09. The van der Waals surface area contributed by atoms with Gasteiger partial charge in [-0.2, -0.15) is 0 Å². The van der Waals surface area contributed by atoms with Crippen molar-refractivity contribution in [3.63, 3.8) is 0 Å². The van der Waals surface area contributed by atoms with E-state index in [9.17, 15) is 4.79 Å². The summed E-state index contributed by atoms with van der Waals surface area (Å²) in [5.74, 6) is 1.02. The number of ether oxygens (including phenoxy) is 1. The third kappa shape index (κ3) is 4.09. The second kappa shape index (κ2) is 8.38. The summed E-state index contributed by atoms with van der Waals surface area (Å²) in [5, 5.41) is 3.19. The van der Waals surface area contributed by atoms with Crippen LogP contribution in [0, 0.1) is 6.92 Å². The molecule has 4 rings (SSSR count). The molecule has 0 bridgehead atoms. The molecular formula is C25H31NO2.